The summed E-state index contributed by atoms with van der Waals surface area (Å²) in [6, 6.07) is -0.116. The van der Waals surface area contributed by atoms with Gasteiger partial charge in [0.1, 0.15) is 0 Å². The quantitative estimate of drug-likeness (QED) is 0.651. The van der Waals surface area contributed by atoms with E-state index in [1.54, 1.807) is 11.9 Å². The first-order chi connectivity index (χ1) is 5.57. The lowest BCUT2D eigenvalue weighted by atomic mass is 9.99. The Morgan fingerprint density at radius 1 is 1.75 bits per heavy atom. The summed E-state index contributed by atoms with van der Waals surface area (Å²) >= 11 is 0. The average molecular weight is 171 g/mol. The van der Waals surface area contributed by atoms with Crippen LogP contribution in [-0.2, 0) is 9.59 Å². The van der Waals surface area contributed by atoms with Crippen molar-refractivity contribution in [3.05, 3.63) is 0 Å². The molecule has 0 aromatic heterocycles. The predicted octanol–water partition coefficient (Wildman–Crippen LogP) is 0.328. The largest absolute Gasteiger partial charge is 0.481 e. The van der Waals surface area contributed by atoms with Gasteiger partial charge in [-0.2, -0.15) is 0 Å². The number of likely N-dealkylation sites (tertiary alicyclic amines) is 1. The van der Waals surface area contributed by atoms with Crippen LogP contribution < -0.4 is 0 Å². The van der Waals surface area contributed by atoms with Gasteiger partial charge in [-0.05, 0) is 6.42 Å². The molecule has 0 aromatic rings. The molecule has 4 nitrogen and oxygen atoms in total. The van der Waals surface area contributed by atoms with E-state index in [1.807, 2.05) is 6.92 Å². The molecule has 0 aliphatic carbocycles. The van der Waals surface area contributed by atoms with E-state index in [4.69, 9.17) is 5.11 Å². The monoisotopic (exact) mass is 171 g/mol. The molecule has 1 saturated heterocycles. The molecule has 1 amide bonds. The van der Waals surface area contributed by atoms with E-state index >= 15 is 0 Å². The van der Waals surface area contributed by atoms with Gasteiger partial charge < -0.3 is 10.0 Å². The number of rotatable bonds is 2. The highest BCUT2D eigenvalue weighted by Crippen LogP contribution is 2.26. The van der Waals surface area contributed by atoms with Crippen LogP contribution in [0.3, 0.4) is 0 Å². The third kappa shape index (κ3) is 1.29. The molecule has 1 rings (SSSR count). The number of carboxylic acids is 1. The predicted molar refractivity (Wildman–Crippen MR) is 42.6 cm³/mol. The fourth-order valence-corrected chi connectivity index (χ4v) is 1.73. The third-order valence-corrected chi connectivity index (χ3v) is 2.49. The van der Waals surface area contributed by atoms with E-state index in [0.717, 1.165) is 0 Å². The maximum absolute atomic E-state index is 11.1. The summed E-state index contributed by atoms with van der Waals surface area (Å²) in [5.41, 5.74) is 0. The number of aliphatic carboxylic acids is 1. The van der Waals surface area contributed by atoms with Crippen molar-refractivity contribution in [2.24, 2.45) is 5.92 Å². The number of carboxylic acid groups (broad SMARTS) is 1. The summed E-state index contributed by atoms with van der Waals surface area (Å²) in [4.78, 5) is 23.3. The Balaban J connectivity index is 2.78. The summed E-state index contributed by atoms with van der Waals surface area (Å²) in [6.07, 6.45) is 0.865. The maximum Gasteiger partial charge on any atom is 0.309 e. The molecule has 2 atom stereocenters. The van der Waals surface area contributed by atoms with Gasteiger partial charge in [0.05, 0.1) is 5.92 Å². The Bertz CT molecular complexity index is 214. The van der Waals surface area contributed by atoms with E-state index < -0.39 is 11.9 Å². The normalized spacial score (nSPS) is 29.5. The van der Waals surface area contributed by atoms with Crippen molar-refractivity contribution in [3.63, 3.8) is 0 Å². The zero-order chi connectivity index (χ0) is 9.30. The molecule has 0 unspecified atom stereocenters. The molecule has 0 aromatic carbocycles. The second kappa shape index (κ2) is 3.13. The molecular weight excluding hydrogens is 158 g/mol. The van der Waals surface area contributed by atoms with Crippen molar-refractivity contribution >= 4 is 11.9 Å². The van der Waals surface area contributed by atoms with E-state index in [2.05, 4.69) is 0 Å². The fraction of sp³-hybridized carbons (Fsp3) is 0.750. The van der Waals surface area contributed by atoms with Crippen LogP contribution in [0.2, 0.25) is 0 Å². The standard InChI is InChI=1S/C8H13NO3/c1-3-6-5(8(11)12)4-7(10)9(6)2/h5-6H,3-4H2,1-2H3,(H,11,12)/t5-,6-/m1/s1. The Kier molecular flexibility index (Phi) is 2.35. The molecule has 68 valence electrons. The lowest BCUT2D eigenvalue weighted by Gasteiger charge is -2.20. The minimum Gasteiger partial charge on any atom is -0.481 e. The Labute approximate surface area is 71.2 Å². The highest BCUT2D eigenvalue weighted by atomic mass is 16.4. The number of hydrogen-bond donors (Lipinski definition) is 1. The molecule has 1 aliphatic heterocycles. The molecule has 0 saturated carbocycles. The molecule has 1 N–H and O–H groups in total. The number of amides is 1. The third-order valence-electron chi connectivity index (χ3n) is 2.49. The van der Waals surface area contributed by atoms with Crippen molar-refractivity contribution in [3.8, 4) is 0 Å². The smallest absolute Gasteiger partial charge is 0.309 e. The van der Waals surface area contributed by atoms with E-state index in [-0.39, 0.29) is 18.4 Å². The van der Waals surface area contributed by atoms with Gasteiger partial charge in [-0.25, -0.2) is 0 Å². The van der Waals surface area contributed by atoms with Gasteiger partial charge in [-0.3, -0.25) is 9.59 Å². The van der Waals surface area contributed by atoms with Gasteiger partial charge >= 0.3 is 5.97 Å². The number of carbonyl (C=O) groups excluding carboxylic acids is 1. The van der Waals surface area contributed by atoms with Crippen molar-refractivity contribution in [1.29, 1.82) is 0 Å². The summed E-state index contributed by atoms with van der Waals surface area (Å²) < 4.78 is 0. The van der Waals surface area contributed by atoms with Crippen molar-refractivity contribution in [1.82, 2.24) is 4.90 Å². The van der Waals surface area contributed by atoms with Crippen LogP contribution in [0.4, 0.5) is 0 Å². The molecule has 0 radical (unpaired) electrons. The van der Waals surface area contributed by atoms with Crippen LogP contribution in [0.5, 0.6) is 0 Å². The van der Waals surface area contributed by atoms with Gasteiger partial charge in [0, 0.05) is 19.5 Å². The molecule has 12 heavy (non-hydrogen) atoms. The van der Waals surface area contributed by atoms with Crippen LogP contribution in [0.15, 0.2) is 0 Å². The lowest BCUT2D eigenvalue weighted by molar-refractivity contribution is -0.142. The zero-order valence-corrected chi connectivity index (χ0v) is 7.28. The van der Waals surface area contributed by atoms with E-state index in [1.165, 1.54) is 0 Å². The summed E-state index contributed by atoms with van der Waals surface area (Å²) in [7, 11) is 1.67. The van der Waals surface area contributed by atoms with Crippen LogP contribution in [0.1, 0.15) is 19.8 Å². The molecule has 1 fully saturated rings. The van der Waals surface area contributed by atoms with Crippen LogP contribution in [-0.4, -0.2) is 35.0 Å². The molecular formula is C8H13NO3. The number of hydrogen-bond acceptors (Lipinski definition) is 2. The second-order valence-corrected chi connectivity index (χ2v) is 3.13. The minimum absolute atomic E-state index is 0.0609. The van der Waals surface area contributed by atoms with Crippen molar-refractivity contribution in [2.45, 2.75) is 25.8 Å². The number of carbonyl (C=O) groups is 2. The molecule has 4 heteroatoms. The molecule has 1 heterocycles. The summed E-state index contributed by atoms with van der Waals surface area (Å²) in [6.45, 7) is 1.90. The fourth-order valence-electron chi connectivity index (χ4n) is 1.73. The highest BCUT2D eigenvalue weighted by molar-refractivity contribution is 5.86. The maximum atomic E-state index is 11.1. The van der Waals surface area contributed by atoms with Crippen molar-refractivity contribution < 1.29 is 14.7 Å². The second-order valence-electron chi connectivity index (χ2n) is 3.13. The van der Waals surface area contributed by atoms with Gasteiger partial charge in [0.15, 0.2) is 0 Å². The van der Waals surface area contributed by atoms with Gasteiger partial charge in [-0.15, -0.1) is 0 Å². The average Bonchev–Trinajstić information content (AvgIpc) is 2.29. The first-order valence-corrected chi connectivity index (χ1v) is 4.06. The summed E-state index contributed by atoms with van der Waals surface area (Å²) in [5.74, 6) is -1.43. The topological polar surface area (TPSA) is 57.6 Å². The van der Waals surface area contributed by atoms with Gasteiger partial charge in [0.25, 0.3) is 0 Å². The Hall–Kier alpha value is -1.06. The Morgan fingerprint density at radius 3 is 2.67 bits per heavy atom. The number of nitrogens with zero attached hydrogens (tertiary/aromatic N) is 1. The Morgan fingerprint density at radius 2 is 2.33 bits per heavy atom. The zero-order valence-electron chi connectivity index (χ0n) is 7.28. The van der Waals surface area contributed by atoms with Gasteiger partial charge in [-0.1, -0.05) is 6.92 Å². The van der Waals surface area contributed by atoms with Crippen LogP contribution in [0, 0.1) is 5.92 Å². The molecule has 1 aliphatic rings. The first kappa shape index (κ1) is 9.03. The first-order valence-electron chi connectivity index (χ1n) is 4.06. The van der Waals surface area contributed by atoms with Crippen LogP contribution in [0.25, 0.3) is 0 Å². The van der Waals surface area contributed by atoms with E-state index in [9.17, 15) is 9.59 Å². The highest BCUT2D eigenvalue weighted by Gasteiger charge is 2.40. The SMILES string of the molecule is CC[C@@H]1[C@H](C(=O)O)CC(=O)N1C. The minimum atomic E-state index is -0.862. The van der Waals surface area contributed by atoms with Crippen molar-refractivity contribution in [2.75, 3.05) is 7.05 Å². The molecule has 0 spiro atoms. The van der Waals surface area contributed by atoms with E-state index in [0.29, 0.717) is 6.42 Å². The summed E-state index contributed by atoms with van der Waals surface area (Å²) in [5, 5.41) is 8.77. The lowest BCUT2D eigenvalue weighted by Crippen LogP contribution is -2.33. The van der Waals surface area contributed by atoms with Crippen LogP contribution >= 0.6 is 0 Å². The molecule has 0 bridgehead atoms. The van der Waals surface area contributed by atoms with Gasteiger partial charge in [0.2, 0.25) is 5.91 Å².